The van der Waals surface area contributed by atoms with Gasteiger partial charge >= 0.3 is 0 Å². The molecule has 0 unspecified atom stereocenters. The molecule has 0 spiro atoms. The number of carbonyl (C=O) groups excluding carboxylic acids is 1. The zero-order valence-electron chi connectivity index (χ0n) is 8.85. The Bertz CT molecular complexity index is 158. The second-order valence-corrected chi connectivity index (χ2v) is 4.53. The third-order valence-electron chi connectivity index (χ3n) is 2.30. The first-order valence-corrected chi connectivity index (χ1v) is 4.60. The summed E-state index contributed by atoms with van der Waals surface area (Å²) in [6, 6.07) is -0.296. The molecule has 12 heavy (non-hydrogen) atoms. The Labute approximate surface area is 75.5 Å². The lowest BCUT2D eigenvalue weighted by Gasteiger charge is -2.25. The molecule has 2 heteroatoms. The summed E-state index contributed by atoms with van der Waals surface area (Å²) in [6.45, 7) is 9.82. The van der Waals surface area contributed by atoms with Gasteiger partial charge in [0.05, 0.1) is 6.04 Å². The van der Waals surface area contributed by atoms with Crippen molar-refractivity contribution in [3.63, 3.8) is 0 Å². The monoisotopic (exact) mass is 171 g/mol. The number of nitrogens with two attached hydrogens (primary N) is 1. The van der Waals surface area contributed by atoms with E-state index in [9.17, 15) is 4.79 Å². The van der Waals surface area contributed by atoms with Crippen molar-refractivity contribution >= 4 is 5.78 Å². The largest absolute Gasteiger partial charge is 0.321 e. The highest BCUT2D eigenvalue weighted by Crippen LogP contribution is 2.20. The molecule has 0 heterocycles. The molecule has 0 aliphatic carbocycles. The van der Waals surface area contributed by atoms with Crippen LogP contribution in [0.5, 0.6) is 0 Å². The van der Waals surface area contributed by atoms with Gasteiger partial charge in [0.15, 0.2) is 5.78 Å². The predicted molar refractivity (Wildman–Crippen MR) is 51.9 cm³/mol. The second kappa shape index (κ2) is 4.04. The molecule has 0 saturated heterocycles. The maximum absolute atomic E-state index is 11.6. The Kier molecular flexibility index (Phi) is 3.91. The van der Waals surface area contributed by atoms with Crippen molar-refractivity contribution < 1.29 is 4.79 Å². The molecule has 0 radical (unpaired) electrons. The SMILES string of the molecule is CC[C@H](C)[C@H](N)C(=O)C(C)(C)C. The van der Waals surface area contributed by atoms with Crippen LogP contribution in [0.15, 0.2) is 0 Å². The molecular weight excluding hydrogens is 150 g/mol. The fourth-order valence-electron chi connectivity index (χ4n) is 1.01. The van der Waals surface area contributed by atoms with Crippen LogP contribution in [0.4, 0.5) is 0 Å². The number of ketones is 1. The molecule has 0 aliphatic heterocycles. The summed E-state index contributed by atoms with van der Waals surface area (Å²) < 4.78 is 0. The van der Waals surface area contributed by atoms with Crippen molar-refractivity contribution in [2.45, 2.75) is 47.1 Å². The van der Waals surface area contributed by atoms with Gasteiger partial charge in [-0.1, -0.05) is 41.0 Å². The molecule has 0 fully saturated rings. The van der Waals surface area contributed by atoms with Gasteiger partial charge in [0, 0.05) is 5.41 Å². The number of hydrogen-bond acceptors (Lipinski definition) is 2. The van der Waals surface area contributed by atoms with Crippen LogP contribution in [0.25, 0.3) is 0 Å². The number of hydrogen-bond donors (Lipinski definition) is 1. The number of carbonyl (C=O) groups is 1. The van der Waals surface area contributed by atoms with Gasteiger partial charge in [-0.15, -0.1) is 0 Å². The predicted octanol–water partition coefficient (Wildman–Crippen LogP) is 1.98. The van der Waals surface area contributed by atoms with Crippen LogP contribution in [0.1, 0.15) is 41.0 Å². The Balaban J connectivity index is 4.30. The summed E-state index contributed by atoms with van der Waals surface area (Å²) in [4.78, 5) is 11.6. The van der Waals surface area contributed by atoms with Crippen LogP contribution >= 0.6 is 0 Å². The highest BCUT2D eigenvalue weighted by molar-refractivity contribution is 5.88. The van der Waals surface area contributed by atoms with Gasteiger partial charge in [0.1, 0.15) is 0 Å². The van der Waals surface area contributed by atoms with E-state index in [-0.39, 0.29) is 23.2 Å². The highest BCUT2D eigenvalue weighted by atomic mass is 16.1. The summed E-state index contributed by atoms with van der Waals surface area (Å²) >= 11 is 0. The molecule has 0 aliphatic rings. The van der Waals surface area contributed by atoms with E-state index in [2.05, 4.69) is 6.92 Å². The van der Waals surface area contributed by atoms with E-state index in [0.717, 1.165) is 6.42 Å². The minimum absolute atomic E-state index is 0.164. The molecule has 0 aromatic rings. The van der Waals surface area contributed by atoms with Crippen molar-refractivity contribution in [3.05, 3.63) is 0 Å². The topological polar surface area (TPSA) is 43.1 Å². The van der Waals surface area contributed by atoms with E-state index < -0.39 is 0 Å². The Morgan fingerprint density at radius 2 is 1.83 bits per heavy atom. The molecule has 0 aromatic heterocycles. The van der Waals surface area contributed by atoms with Crippen molar-refractivity contribution in [2.75, 3.05) is 0 Å². The standard InChI is InChI=1S/C10H21NO/c1-6-7(2)8(11)9(12)10(3,4)5/h7-8H,6,11H2,1-5H3/t7-,8-/m0/s1. The van der Waals surface area contributed by atoms with Crippen molar-refractivity contribution in [2.24, 2.45) is 17.1 Å². The summed E-state index contributed by atoms with van der Waals surface area (Å²) in [6.07, 6.45) is 0.961. The smallest absolute Gasteiger partial charge is 0.155 e. The van der Waals surface area contributed by atoms with E-state index in [1.165, 1.54) is 0 Å². The minimum Gasteiger partial charge on any atom is -0.321 e. The van der Waals surface area contributed by atoms with E-state index in [1.807, 2.05) is 27.7 Å². The lowest BCUT2D eigenvalue weighted by molar-refractivity contribution is -0.128. The van der Waals surface area contributed by atoms with Gasteiger partial charge in [-0.3, -0.25) is 4.79 Å². The zero-order chi connectivity index (χ0) is 9.94. The van der Waals surface area contributed by atoms with Crippen LogP contribution in [0.2, 0.25) is 0 Å². The van der Waals surface area contributed by atoms with Gasteiger partial charge < -0.3 is 5.73 Å². The van der Waals surface area contributed by atoms with Gasteiger partial charge in [-0.2, -0.15) is 0 Å². The molecule has 0 saturated carbocycles. The van der Waals surface area contributed by atoms with E-state index in [0.29, 0.717) is 0 Å². The van der Waals surface area contributed by atoms with E-state index in [1.54, 1.807) is 0 Å². The van der Waals surface area contributed by atoms with Crippen molar-refractivity contribution in [1.82, 2.24) is 0 Å². The maximum Gasteiger partial charge on any atom is 0.155 e. The average Bonchev–Trinajstić information content (AvgIpc) is 1.98. The fourth-order valence-corrected chi connectivity index (χ4v) is 1.01. The molecule has 2 N–H and O–H groups in total. The summed E-state index contributed by atoms with van der Waals surface area (Å²) in [7, 11) is 0. The summed E-state index contributed by atoms with van der Waals surface area (Å²) in [5.41, 5.74) is 5.51. The van der Waals surface area contributed by atoms with Gasteiger partial charge in [0.2, 0.25) is 0 Å². The summed E-state index contributed by atoms with van der Waals surface area (Å²) in [5.74, 6) is 0.452. The third-order valence-corrected chi connectivity index (χ3v) is 2.30. The Morgan fingerprint density at radius 3 is 2.08 bits per heavy atom. The molecular formula is C10H21NO. The van der Waals surface area contributed by atoms with Crippen LogP contribution < -0.4 is 5.73 Å². The first-order chi connectivity index (χ1) is 5.30. The van der Waals surface area contributed by atoms with E-state index in [4.69, 9.17) is 5.73 Å². The number of Topliss-reactive ketones (excluding diaryl/α,β-unsaturated/α-hetero) is 1. The van der Waals surface area contributed by atoms with Gasteiger partial charge in [-0.25, -0.2) is 0 Å². The third kappa shape index (κ3) is 2.94. The molecule has 2 nitrogen and oxygen atoms in total. The van der Waals surface area contributed by atoms with Crippen LogP contribution in [-0.4, -0.2) is 11.8 Å². The average molecular weight is 171 g/mol. The van der Waals surface area contributed by atoms with Crippen molar-refractivity contribution in [3.8, 4) is 0 Å². The molecule has 0 bridgehead atoms. The Morgan fingerprint density at radius 1 is 1.42 bits per heavy atom. The summed E-state index contributed by atoms with van der Waals surface area (Å²) in [5, 5.41) is 0. The number of rotatable bonds is 3. The van der Waals surface area contributed by atoms with Crippen LogP contribution in [0, 0.1) is 11.3 Å². The van der Waals surface area contributed by atoms with Gasteiger partial charge in [-0.05, 0) is 5.92 Å². The first kappa shape index (κ1) is 11.6. The van der Waals surface area contributed by atoms with Crippen LogP contribution in [0.3, 0.4) is 0 Å². The van der Waals surface area contributed by atoms with Crippen molar-refractivity contribution in [1.29, 1.82) is 0 Å². The molecule has 0 amide bonds. The second-order valence-electron chi connectivity index (χ2n) is 4.53. The first-order valence-electron chi connectivity index (χ1n) is 4.60. The molecule has 0 rings (SSSR count). The zero-order valence-corrected chi connectivity index (χ0v) is 8.85. The highest BCUT2D eigenvalue weighted by Gasteiger charge is 2.29. The fraction of sp³-hybridized carbons (Fsp3) is 0.900. The van der Waals surface area contributed by atoms with E-state index >= 15 is 0 Å². The van der Waals surface area contributed by atoms with Crippen LogP contribution in [-0.2, 0) is 4.79 Å². The lowest BCUT2D eigenvalue weighted by Crippen LogP contribution is -2.43. The Hall–Kier alpha value is -0.370. The molecule has 72 valence electrons. The quantitative estimate of drug-likeness (QED) is 0.705. The lowest BCUT2D eigenvalue weighted by atomic mass is 9.82. The maximum atomic E-state index is 11.6. The molecule has 0 aromatic carbocycles. The van der Waals surface area contributed by atoms with Gasteiger partial charge in [0.25, 0.3) is 0 Å². The normalized spacial score (nSPS) is 17.2. The minimum atomic E-state index is -0.303. The molecule has 2 atom stereocenters.